The Morgan fingerprint density at radius 2 is 1.63 bits per heavy atom. The first-order valence-electron chi connectivity index (χ1n) is 11.0. The lowest BCUT2D eigenvalue weighted by atomic mass is 9.95. The molecule has 1 aromatic rings. The number of hydrogen-bond acceptors (Lipinski definition) is 10. The van der Waals surface area contributed by atoms with Gasteiger partial charge in [0.1, 0.15) is 6.04 Å². The standard InChI is InChI=1S/C23H28N2O10/c1-7-16(26)35-19-17-13(12-15(30-4)18(19)31-5)14-10-11-23(32-6,20(17)27)25(22(29)34-9-3)24(14)21(28)33-8-2/h10-12,14H,7-9H2,1-6H3/t14-,23-/m0/s1. The van der Waals surface area contributed by atoms with Gasteiger partial charge in [0.05, 0.1) is 33.0 Å². The molecule has 0 saturated carbocycles. The lowest BCUT2D eigenvalue weighted by Crippen LogP contribution is -2.66. The highest BCUT2D eigenvalue weighted by Gasteiger charge is 2.60. The second kappa shape index (κ2) is 10.2. The Bertz CT molecular complexity index is 1070. The summed E-state index contributed by atoms with van der Waals surface area (Å²) in [5.41, 5.74) is -2.09. The first-order chi connectivity index (χ1) is 16.8. The average Bonchev–Trinajstić information content (AvgIpc) is 3.03. The van der Waals surface area contributed by atoms with Gasteiger partial charge in [0.2, 0.25) is 17.3 Å². The summed E-state index contributed by atoms with van der Waals surface area (Å²) >= 11 is 0. The van der Waals surface area contributed by atoms with E-state index in [1.807, 2.05) is 0 Å². The molecule has 2 amide bonds. The normalized spacial score (nSPS) is 20.2. The zero-order chi connectivity index (χ0) is 25.9. The summed E-state index contributed by atoms with van der Waals surface area (Å²) in [7, 11) is 3.89. The van der Waals surface area contributed by atoms with Gasteiger partial charge < -0.3 is 28.4 Å². The molecule has 1 aromatic carbocycles. The summed E-state index contributed by atoms with van der Waals surface area (Å²) in [5, 5.41) is 1.71. The monoisotopic (exact) mass is 492 g/mol. The van der Waals surface area contributed by atoms with Crippen molar-refractivity contribution >= 4 is 23.9 Å². The number of Topliss-reactive ketones (excluding diaryl/α,β-unsaturated/α-hetero) is 1. The van der Waals surface area contributed by atoms with Crippen LogP contribution in [-0.4, -0.2) is 74.2 Å². The quantitative estimate of drug-likeness (QED) is 0.318. The minimum absolute atomic E-state index is 0.00429. The van der Waals surface area contributed by atoms with Gasteiger partial charge in [-0.15, -0.1) is 0 Å². The molecule has 2 atom stereocenters. The maximum Gasteiger partial charge on any atom is 0.432 e. The van der Waals surface area contributed by atoms with E-state index in [1.165, 1.54) is 39.5 Å². The highest BCUT2D eigenvalue weighted by molar-refractivity contribution is 6.11. The number of hydrazine groups is 1. The molecule has 0 radical (unpaired) electrons. The predicted octanol–water partition coefficient (Wildman–Crippen LogP) is 3.00. The average molecular weight is 492 g/mol. The maximum absolute atomic E-state index is 14.2. The number of hydrogen-bond donors (Lipinski definition) is 0. The van der Waals surface area contributed by atoms with Crippen LogP contribution in [0.5, 0.6) is 17.2 Å². The van der Waals surface area contributed by atoms with Crippen LogP contribution in [0.4, 0.5) is 9.59 Å². The Morgan fingerprint density at radius 3 is 2.17 bits per heavy atom. The molecule has 190 valence electrons. The molecule has 2 heterocycles. The third kappa shape index (κ3) is 4.03. The molecule has 3 aliphatic rings. The number of ketones is 1. The van der Waals surface area contributed by atoms with Crippen LogP contribution in [0.15, 0.2) is 18.2 Å². The van der Waals surface area contributed by atoms with E-state index < -0.39 is 35.7 Å². The van der Waals surface area contributed by atoms with Crippen LogP contribution >= 0.6 is 0 Å². The number of methoxy groups -OCH3 is 3. The number of ether oxygens (including phenoxy) is 6. The largest absolute Gasteiger partial charge is 0.493 e. The summed E-state index contributed by atoms with van der Waals surface area (Å²) < 4.78 is 32.3. The van der Waals surface area contributed by atoms with Crippen LogP contribution in [0.3, 0.4) is 0 Å². The second-order valence-corrected chi connectivity index (χ2v) is 7.32. The van der Waals surface area contributed by atoms with E-state index in [0.717, 1.165) is 10.0 Å². The Labute approximate surface area is 202 Å². The predicted molar refractivity (Wildman–Crippen MR) is 119 cm³/mol. The van der Waals surface area contributed by atoms with E-state index in [-0.39, 0.29) is 48.0 Å². The van der Waals surface area contributed by atoms with Gasteiger partial charge in [-0.05, 0) is 31.6 Å². The number of benzene rings is 1. The summed E-state index contributed by atoms with van der Waals surface area (Å²) in [4.78, 5) is 52.7. The highest BCUT2D eigenvalue weighted by Crippen LogP contribution is 2.51. The van der Waals surface area contributed by atoms with E-state index in [2.05, 4.69) is 0 Å². The SMILES string of the molecule is CCOC(=O)N1[C@H]2C=C[C@](OC)(C(=O)c3c2cc(OC)c(OC)c3OC(=O)CC)N1C(=O)OCC. The van der Waals surface area contributed by atoms with E-state index >= 15 is 0 Å². The zero-order valence-corrected chi connectivity index (χ0v) is 20.4. The summed E-state index contributed by atoms with van der Waals surface area (Å²) in [6, 6.07) is 0.416. The van der Waals surface area contributed by atoms with Crippen molar-refractivity contribution in [1.82, 2.24) is 10.0 Å². The summed E-state index contributed by atoms with van der Waals surface area (Å²) in [5.74, 6) is -1.54. The molecule has 1 aliphatic carbocycles. The van der Waals surface area contributed by atoms with Gasteiger partial charge in [0.15, 0.2) is 11.5 Å². The van der Waals surface area contributed by atoms with Crippen LogP contribution in [0, 0.1) is 0 Å². The molecule has 0 unspecified atom stereocenters. The molecule has 35 heavy (non-hydrogen) atoms. The fourth-order valence-electron chi connectivity index (χ4n) is 4.02. The third-order valence-electron chi connectivity index (χ3n) is 5.54. The van der Waals surface area contributed by atoms with Gasteiger partial charge in [-0.2, -0.15) is 10.0 Å². The molecule has 0 saturated heterocycles. The van der Waals surface area contributed by atoms with Crippen LogP contribution in [0.1, 0.15) is 49.2 Å². The van der Waals surface area contributed by atoms with E-state index in [9.17, 15) is 19.2 Å². The van der Waals surface area contributed by atoms with Crippen LogP contribution in [-0.2, 0) is 19.0 Å². The fourth-order valence-corrected chi connectivity index (χ4v) is 4.02. The van der Waals surface area contributed by atoms with Gasteiger partial charge in [0, 0.05) is 13.5 Å². The zero-order valence-electron chi connectivity index (χ0n) is 20.4. The van der Waals surface area contributed by atoms with Crippen LogP contribution < -0.4 is 14.2 Å². The Kier molecular flexibility index (Phi) is 7.54. The van der Waals surface area contributed by atoms with Gasteiger partial charge in [0.25, 0.3) is 0 Å². The Balaban J connectivity index is 2.42. The molecule has 12 nitrogen and oxygen atoms in total. The van der Waals surface area contributed by atoms with Crippen molar-refractivity contribution in [2.45, 2.75) is 39.0 Å². The topological polar surface area (TPSA) is 130 Å². The Morgan fingerprint density at radius 1 is 0.971 bits per heavy atom. The number of fused-ring (bicyclic) bond motifs is 1. The minimum atomic E-state index is -2.16. The van der Waals surface area contributed by atoms with Crippen LogP contribution in [0.2, 0.25) is 0 Å². The minimum Gasteiger partial charge on any atom is -0.493 e. The number of carbonyl (C=O) groups excluding carboxylic acids is 4. The van der Waals surface area contributed by atoms with Gasteiger partial charge in [-0.25, -0.2) is 9.59 Å². The smallest absolute Gasteiger partial charge is 0.432 e. The van der Waals surface area contributed by atoms with Crippen molar-refractivity contribution in [1.29, 1.82) is 0 Å². The molecule has 0 aromatic heterocycles. The first kappa shape index (κ1) is 25.8. The molecule has 4 rings (SSSR count). The van der Waals surface area contributed by atoms with E-state index in [1.54, 1.807) is 20.8 Å². The molecule has 0 spiro atoms. The number of rotatable bonds is 7. The molecule has 0 N–H and O–H groups in total. The van der Waals surface area contributed by atoms with Gasteiger partial charge in [-0.3, -0.25) is 9.59 Å². The molecule has 0 fully saturated rings. The molecule has 2 bridgehead atoms. The van der Waals surface area contributed by atoms with Gasteiger partial charge in [-0.1, -0.05) is 13.0 Å². The van der Waals surface area contributed by atoms with E-state index in [4.69, 9.17) is 28.4 Å². The fraction of sp³-hybridized carbons (Fsp3) is 0.478. The number of carbonyl (C=O) groups is 4. The van der Waals surface area contributed by atoms with Crippen LogP contribution in [0.25, 0.3) is 0 Å². The molecular formula is C23H28N2O10. The first-order valence-corrected chi connectivity index (χ1v) is 11.0. The lowest BCUT2D eigenvalue weighted by Gasteiger charge is -2.46. The van der Waals surface area contributed by atoms with Crippen molar-refractivity contribution < 1.29 is 47.6 Å². The summed E-state index contributed by atoms with van der Waals surface area (Å²) in [6.45, 7) is 4.71. The Hall–Kier alpha value is -3.80. The maximum atomic E-state index is 14.2. The van der Waals surface area contributed by atoms with Crippen molar-refractivity contribution in [3.8, 4) is 17.2 Å². The molecule has 12 heteroatoms. The highest BCUT2D eigenvalue weighted by atomic mass is 16.6. The van der Waals surface area contributed by atoms with E-state index in [0.29, 0.717) is 0 Å². The van der Waals surface area contributed by atoms with Crippen molar-refractivity contribution in [3.05, 3.63) is 29.3 Å². The lowest BCUT2D eigenvalue weighted by molar-refractivity contribution is -0.158. The summed E-state index contributed by atoms with van der Waals surface area (Å²) in [6.07, 6.45) is 0.904. The number of esters is 1. The second-order valence-electron chi connectivity index (χ2n) is 7.32. The van der Waals surface area contributed by atoms with Crippen molar-refractivity contribution in [2.75, 3.05) is 34.5 Å². The molecule has 2 aliphatic heterocycles. The number of nitrogens with zero attached hydrogens (tertiary/aromatic N) is 2. The third-order valence-corrected chi connectivity index (χ3v) is 5.54. The number of amides is 2. The van der Waals surface area contributed by atoms with Crippen molar-refractivity contribution in [3.63, 3.8) is 0 Å². The van der Waals surface area contributed by atoms with Crippen molar-refractivity contribution in [2.24, 2.45) is 0 Å². The molecular weight excluding hydrogens is 464 g/mol. The van der Waals surface area contributed by atoms with Gasteiger partial charge >= 0.3 is 18.2 Å².